The molecule has 26 heavy (non-hydrogen) atoms. The zero-order valence-electron chi connectivity index (χ0n) is 14.9. The molecule has 0 N–H and O–H groups in total. The van der Waals surface area contributed by atoms with Crippen LogP contribution < -0.4 is 10.2 Å². The van der Waals surface area contributed by atoms with Crippen molar-refractivity contribution in [1.29, 1.82) is 0 Å². The highest BCUT2D eigenvalue weighted by Gasteiger charge is 2.13. The highest BCUT2D eigenvalue weighted by Crippen LogP contribution is 2.27. The van der Waals surface area contributed by atoms with Gasteiger partial charge >= 0.3 is 0 Å². The first kappa shape index (κ1) is 18.4. The summed E-state index contributed by atoms with van der Waals surface area (Å²) in [6.07, 6.45) is 0. The second-order valence-electron chi connectivity index (χ2n) is 5.84. The molecule has 0 fully saturated rings. The Balaban J connectivity index is 1.81. The number of hydrogen-bond donors (Lipinski definition) is 0. The maximum Gasteiger partial charge on any atom is 0.260 e. The summed E-state index contributed by atoms with van der Waals surface area (Å²) in [5.74, 6) is 0.418. The second-order valence-corrected chi connectivity index (χ2v) is 6.92. The lowest BCUT2D eigenvalue weighted by molar-refractivity contribution is -0.133. The minimum atomic E-state index is -0.103. The molecule has 0 bridgehead atoms. The normalized spacial score (nSPS) is 11.0. The van der Waals surface area contributed by atoms with Crippen LogP contribution in [0.2, 0.25) is 0 Å². The minimum Gasteiger partial charge on any atom is -0.484 e. The largest absolute Gasteiger partial charge is 0.484 e. The Morgan fingerprint density at radius 3 is 2.65 bits per heavy atom. The Morgan fingerprint density at radius 2 is 1.88 bits per heavy atom. The summed E-state index contributed by atoms with van der Waals surface area (Å²) < 4.78 is 12.5. The Hall–Kier alpha value is -2.44. The van der Waals surface area contributed by atoms with E-state index in [2.05, 4.69) is 0 Å². The van der Waals surface area contributed by atoms with E-state index in [1.165, 1.54) is 0 Å². The van der Waals surface area contributed by atoms with Crippen LogP contribution in [-0.4, -0.2) is 44.2 Å². The van der Waals surface area contributed by atoms with Crippen LogP contribution in [0.25, 0.3) is 20.2 Å². The van der Waals surface area contributed by atoms with Crippen LogP contribution in [0.15, 0.2) is 47.3 Å². The lowest BCUT2D eigenvalue weighted by Crippen LogP contribution is -2.37. The number of amides is 1. The van der Waals surface area contributed by atoms with E-state index in [0.717, 1.165) is 9.40 Å². The van der Waals surface area contributed by atoms with E-state index in [0.29, 0.717) is 36.2 Å². The van der Waals surface area contributed by atoms with Crippen molar-refractivity contribution in [2.45, 2.75) is 6.92 Å². The van der Waals surface area contributed by atoms with Gasteiger partial charge in [0.15, 0.2) is 12.0 Å². The predicted molar refractivity (Wildman–Crippen MR) is 105 cm³/mol. The highest BCUT2D eigenvalue weighted by atomic mass is 32.1. The van der Waals surface area contributed by atoms with Crippen molar-refractivity contribution in [2.75, 3.05) is 33.4 Å². The van der Waals surface area contributed by atoms with Gasteiger partial charge in [0.1, 0.15) is 5.75 Å². The van der Waals surface area contributed by atoms with Gasteiger partial charge in [-0.3, -0.25) is 9.59 Å². The fraction of sp³-hybridized carbons (Fsp3) is 0.300. The molecule has 1 amide bonds. The number of methoxy groups -OCH3 is 1. The zero-order valence-corrected chi connectivity index (χ0v) is 15.7. The van der Waals surface area contributed by atoms with E-state index in [-0.39, 0.29) is 17.9 Å². The van der Waals surface area contributed by atoms with Gasteiger partial charge in [-0.25, -0.2) is 0 Å². The molecule has 1 aromatic heterocycles. The number of hydrogen-bond acceptors (Lipinski definition) is 5. The van der Waals surface area contributed by atoms with Gasteiger partial charge in [-0.2, -0.15) is 0 Å². The number of ether oxygens (including phenoxy) is 2. The first-order valence-electron chi connectivity index (χ1n) is 8.49. The quantitative estimate of drug-likeness (QED) is 0.598. The third-order valence-electron chi connectivity index (χ3n) is 4.21. The number of carbonyl (C=O) groups is 1. The monoisotopic (exact) mass is 371 g/mol. The molecule has 0 saturated heterocycles. The van der Waals surface area contributed by atoms with Crippen molar-refractivity contribution in [3.05, 3.63) is 52.7 Å². The molecule has 0 radical (unpaired) electrons. The lowest BCUT2D eigenvalue weighted by Gasteiger charge is -2.20. The average Bonchev–Trinajstić information content (AvgIpc) is 2.67. The van der Waals surface area contributed by atoms with Crippen LogP contribution >= 0.6 is 11.3 Å². The molecule has 5 nitrogen and oxygen atoms in total. The van der Waals surface area contributed by atoms with Crippen molar-refractivity contribution < 1.29 is 14.3 Å². The number of benzene rings is 2. The van der Waals surface area contributed by atoms with Crippen LogP contribution in [0.1, 0.15) is 6.92 Å². The van der Waals surface area contributed by atoms with Gasteiger partial charge in [-0.05, 0) is 37.3 Å². The molecule has 0 atom stereocenters. The molecular weight excluding hydrogens is 350 g/mol. The number of carbonyl (C=O) groups excluding carboxylic acids is 1. The van der Waals surface area contributed by atoms with Gasteiger partial charge < -0.3 is 14.4 Å². The Morgan fingerprint density at radius 1 is 1.12 bits per heavy atom. The third kappa shape index (κ3) is 3.86. The van der Waals surface area contributed by atoms with Crippen LogP contribution in [0, 0.1) is 0 Å². The summed E-state index contributed by atoms with van der Waals surface area (Å²) in [6, 6.07) is 13.0. The van der Waals surface area contributed by atoms with Gasteiger partial charge in [-0.1, -0.05) is 12.1 Å². The van der Waals surface area contributed by atoms with Gasteiger partial charge in [-0.15, -0.1) is 11.3 Å². The Labute approximate surface area is 155 Å². The molecule has 0 spiro atoms. The molecular formula is C20H21NO4S. The smallest absolute Gasteiger partial charge is 0.260 e. The Kier molecular flexibility index (Phi) is 5.85. The van der Waals surface area contributed by atoms with E-state index < -0.39 is 0 Å². The summed E-state index contributed by atoms with van der Waals surface area (Å²) in [7, 11) is 1.61. The summed E-state index contributed by atoms with van der Waals surface area (Å²) in [6.45, 7) is 3.48. The van der Waals surface area contributed by atoms with Crippen molar-refractivity contribution in [2.24, 2.45) is 0 Å². The summed E-state index contributed by atoms with van der Waals surface area (Å²) in [5.41, 5.74) is -0.0126. The molecule has 2 aromatic carbocycles. The summed E-state index contributed by atoms with van der Waals surface area (Å²) >= 11 is 1.57. The number of nitrogens with zero attached hydrogens (tertiary/aromatic N) is 1. The van der Waals surface area contributed by atoms with E-state index in [1.807, 2.05) is 37.3 Å². The molecule has 3 rings (SSSR count). The van der Waals surface area contributed by atoms with Gasteiger partial charge in [0.25, 0.3) is 5.91 Å². The van der Waals surface area contributed by atoms with E-state index >= 15 is 0 Å². The van der Waals surface area contributed by atoms with Crippen molar-refractivity contribution in [1.82, 2.24) is 4.90 Å². The van der Waals surface area contributed by atoms with Crippen LogP contribution in [0.3, 0.4) is 0 Å². The number of fused-ring (bicyclic) bond motifs is 2. The standard InChI is InChI=1S/C20H21NO4S/c1-3-21(10-11-24-2)19(22)13-25-14-8-9-18-16(12-14)20(23)15-6-4-5-7-17(15)26-18/h4-9,12H,3,10-11,13H2,1-2H3. The van der Waals surface area contributed by atoms with Crippen LogP contribution in [-0.2, 0) is 9.53 Å². The van der Waals surface area contributed by atoms with Crippen LogP contribution in [0.4, 0.5) is 0 Å². The fourth-order valence-electron chi connectivity index (χ4n) is 2.77. The van der Waals surface area contributed by atoms with Crippen molar-refractivity contribution in [3.8, 4) is 5.75 Å². The zero-order chi connectivity index (χ0) is 18.5. The van der Waals surface area contributed by atoms with E-state index in [9.17, 15) is 9.59 Å². The molecule has 6 heteroatoms. The van der Waals surface area contributed by atoms with Crippen LogP contribution in [0.5, 0.6) is 5.75 Å². The lowest BCUT2D eigenvalue weighted by atomic mass is 10.2. The van der Waals surface area contributed by atoms with Gasteiger partial charge in [0.2, 0.25) is 0 Å². The number of likely N-dealkylation sites (N-methyl/N-ethyl adjacent to an activating group) is 1. The second kappa shape index (κ2) is 8.29. The van der Waals surface area contributed by atoms with Crippen molar-refractivity contribution in [3.63, 3.8) is 0 Å². The molecule has 0 aliphatic heterocycles. The summed E-state index contributed by atoms with van der Waals surface area (Å²) in [5, 5.41) is 1.32. The predicted octanol–water partition coefficient (Wildman–Crippen LogP) is 3.29. The minimum absolute atomic E-state index is 0.0126. The molecule has 0 saturated carbocycles. The SMILES string of the molecule is CCN(CCOC)C(=O)COc1ccc2sc3ccccc3c(=O)c2c1. The topological polar surface area (TPSA) is 55.8 Å². The first-order chi connectivity index (χ1) is 12.6. The molecule has 3 aromatic rings. The highest BCUT2D eigenvalue weighted by molar-refractivity contribution is 7.24. The van der Waals surface area contributed by atoms with E-state index in [1.54, 1.807) is 35.5 Å². The maximum atomic E-state index is 12.7. The first-order valence-corrected chi connectivity index (χ1v) is 9.30. The molecule has 1 heterocycles. The fourth-order valence-corrected chi connectivity index (χ4v) is 3.82. The van der Waals surface area contributed by atoms with Gasteiger partial charge in [0, 0.05) is 40.4 Å². The van der Waals surface area contributed by atoms with E-state index in [4.69, 9.17) is 9.47 Å². The molecule has 136 valence electrons. The summed E-state index contributed by atoms with van der Waals surface area (Å²) in [4.78, 5) is 26.6. The molecule has 0 aliphatic rings. The van der Waals surface area contributed by atoms with Gasteiger partial charge in [0.05, 0.1) is 6.61 Å². The van der Waals surface area contributed by atoms with Crippen molar-refractivity contribution >= 4 is 37.4 Å². The maximum absolute atomic E-state index is 12.7. The molecule has 0 aliphatic carbocycles. The molecule has 0 unspecified atom stereocenters. The Bertz CT molecular complexity index is 982. The average molecular weight is 371 g/mol. The third-order valence-corrected chi connectivity index (χ3v) is 5.36. The number of rotatable bonds is 7.